The predicted octanol–water partition coefficient (Wildman–Crippen LogP) is 4.94. The van der Waals surface area contributed by atoms with Gasteiger partial charge in [0.15, 0.2) is 5.78 Å². The number of pyridine rings is 1. The van der Waals surface area contributed by atoms with Gasteiger partial charge in [0.25, 0.3) is 0 Å². The quantitative estimate of drug-likeness (QED) is 0.443. The van der Waals surface area contributed by atoms with Gasteiger partial charge in [-0.1, -0.05) is 35.9 Å². The highest BCUT2D eigenvalue weighted by Gasteiger charge is 2.17. The van der Waals surface area contributed by atoms with Crippen molar-refractivity contribution in [2.24, 2.45) is 0 Å². The van der Waals surface area contributed by atoms with Gasteiger partial charge in [-0.25, -0.2) is 0 Å². The lowest BCUT2D eigenvalue weighted by Gasteiger charge is -2.14. The summed E-state index contributed by atoms with van der Waals surface area (Å²) in [5.74, 6) is 0.335. The van der Waals surface area contributed by atoms with Crippen molar-refractivity contribution in [3.63, 3.8) is 0 Å². The van der Waals surface area contributed by atoms with Crippen LogP contribution in [-0.4, -0.2) is 17.5 Å². The smallest absolute Gasteiger partial charge is 0.200 e. The lowest BCUT2D eigenvalue weighted by Crippen LogP contribution is -2.20. The molecule has 3 aromatic carbocycles. The van der Waals surface area contributed by atoms with Crippen LogP contribution in [0.2, 0.25) is 5.02 Å². The molecule has 0 aliphatic carbocycles. The monoisotopic (exact) mass is 403 g/mol. The van der Waals surface area contributed by atoms with Crippen LogP contribution in [0, 0.1) is 0 Å². The number of hydrogen-bond donors (Lipinski definition) is 0. The van der Waals surface area contributed by atoms with Gasteiger partial charge in [-0.15, -0.1) is 0 Å². The summed E-state index contributed by atoms with van der Waals surface area (Å²) in [6.07, 6.45) is 1.64. The Labute approximate surface area is 172 Å². The fraction of sp³-hybridized carbons (Fsp3) is 0.0833. The van der Waals surface area contributed by atoms with Crippen molar-refractivity contribution in [3.8, 4) is 5.75 Å². The van der Waals surface area contributed by atoms with Gasteiger partial charge >= 0.3 is 0 Å². The van der Waals surface area contributed by atoms with Crippen LogP contribution >= 0.6 is 11.6 Å². The normalized spacial score (nSPS) is 10.8. The van der Waals surface area contributed by atoms with Crippen molar-refractivity contribution in [1.82, 2.24) is 4.57 Å². The average Bonchev–Trinajstić information content (AvgIpc) is 2.75. The maximum absolute atomic E-state index is 13.1. The molecule has 0 bridgehead atoms. The molecule has 0 aliphatic rings. The summed E-state index contributed by atoms with van der Waals surface area (Å²) in [6, 6.07) is 21.6. The summed E-state index contributed by atoms with van der Waals surface area (Å²) in [5.41, 5.74) is 2.05. The van der Waals surface area contributed by atoms with Gasteiger partial charge < -0.3 is 9.30 Å². The Hall–Kier alpha value is -3.37. The van der Waals surface area contributed by atoms with Crippen molar-refractivity contribution in [1.29, 1.82) is 0 Å². The number of benzene rings is 3. The summed E-state index contributed by atoms with van der Waals surface area (Å²) < 4.78 is 7.06. The molecule has 1 heterocycles. The van der Waals surface area contributed by atoms with E-state index in [1.807, 2.05) is 41.0 Å². The zero-order valence-electron chi connectivity index (χ0n) is 15.8. The maximum atomic E-state index is 13.1. The number of ether oxygens (including phenoxy) is 1. The number of nitrogens with zero attached hydrogens (tertiary/aromatic N) is 1. The molecular weight excluding hydrogens is 386 g/mol. The average molecular weight is 404 g/mol. The topological polar surface area (TPSA) is 48.3 Å². The first kappa shape index (κ1) is 19.0. The second kappa shape index (κ2) is 7.94. The molecule has 0 N–H and O–H groups in total. The molecule has 1 aromatic heterocycles. The number of hydrogen-bond acceptors (Lipinski definition) is 3. The van der Waals surface area contributed by atoms with E-state index < -0.39 is 0 Å². The van der Waals surface area contributed by atoms with E-state index in [4.69, 9.17) is 16.3 Å². The molecule has 0 amide bonds. The first-order valence-electron chi connectivity index (χ1n) is 9.12. The minimum absolute atomic E-state index is 0.135. The van der Waals surface area contributed by atoms with Gasteiger partial charge in [-0.05, 0) is 54.1 Å². The molecular formula is C24H18ClNO3. The van der Waals surface area contributed by atoms with Crippen LogP contribution in [0.1, 0.15) is 21.5 Å². The Morgan fingerprint density at radius 2 is 1.76 bits per heavy atom. The third-order valence-corrected chi connectivity index (χ3v) is 5.06. The number of halogens is 1. The lowest BCUT2D eigenvalue weighted by molar-refractivity contribution is 0.103. The second-order valence-electron chi connectivity index (χ2n) is 6.70. The number of aromatic nitrogens is 1. The fourth-order valence-electron chi connectivity index (χ4n) is 3.37. The summed E-state index contributed by atoms with van der Waals surface area (Å²) in [4.78, 5) is 26.1. The third-order valence-electron chi connectivity index (χ3n) is 4.83. The summed E-state index contributed by atoms with van der Waals surface area (Å²) in [6.45, 7) is 0.490. The summed E-state index contributed by atoms with van der Waals surface area (Å²) >= 11 is 6.12. The number of rotatable bonds is 5. The van der Waals surface area contributed by atoms with Crippen molar-refractivity contribution >= 4 is 28.3 Å². The predicted molar refractivity (Wildman–Crippen MR) is 115 cm³/mol. The molecule has 4 rings (SSSR count). The van der Waals surface area contributed by atoms with Crippen molar-refractivity contribution in [2.75, 3.05) is 7.11 Å². The number of methoxy groups -OCH3 is 1. The maximum Gasteiger partial charge on any atom is 0.200 e. The second-order valence-corrected chi connectivity index (χ2v) is 7.14. The lowest BCUT2D eigenvalue weighted by atomic mass is 10.0. The van der Waals surface area contributed by atoms with E-state index in [1.54, 1.807) is 49.7 Å². The van der Waals surface area contributed by atoms with Crippen LogP contribution in [0.4, 0.5) is 0 Å². The van der Waals surface area contributed by atoms with Gasteiger partial charge in [-0.2, -0.15) is 0 Å². The number of carbonyl (C=O) groups excluding carboxylic acids is 1. The molecule has 5 heteroatoms. The Morgan fingerprint density at radius 1 is 1.00 bits per heavy atom. The molecule has 144 valence electrons. The Morgan fingerprint density at radius 3 is 2.48 bits per heavy atom. The Kier molecular flexibility index (Phi) is 5.19. The third kappa shape index (κ3) is 3.80. The Balaban J connectivity index is 1.84. The Bertz CT molecular complexity index is 1260. The molecule has 0 radical (unpaired) electrons. The van der Waals surface area contributed by atoms with Crippen LogP contribution in [0.5, 0.6) is 5.75 Å². The molecule has 4 aromatic rings. The van der Waals surface area contributed by atoms with E-state index in [-0.39, 0.29) is 16.8 Å². The molecule has 4 nitrogen and oxygen atoms in total. The van der Waals surface area contributed by atoms with Crippen LogP contribution in [-0.2, 0) is 6.54 Å². The van der Waals surface area contributed by atoms with Crippen molar-refractivity contribution < 1.29 is 9.53 Å². The first-order valence-corrected chi connectivity index (χ1v) is 9.50. The molecule has 0 saturated carbocycles. The van der Waals surface area contributed by atoms with Gasteiger partial charge in [0.2, 0.25) is 5.43 Å². The van der Waals surface area contributed by atoms with E-state index >= 15 is 0 Å². The van der Waals surface area contributed by atoms with Gasteiger partial charge in [0.05, 0.1) is 18.2 Å². The molecule has 0 atom stereocenters. The van der Waals surface area contributed by atoms with E-state index in [9.17, 15) is 9.59 Å². The SMILES string of the molecule is COc1ccc(C(=O)c2cn(Cc3cccc(Cl)c3)c3ccccc3c2=O)cc1. The highest BCUT2D eigenvalue weighted by molar-refractivity contribution is 6.30. The minimum Gasteiger partial charge on any atom is -0.497 e. The largest absolute Gasteiger partial charge is 0.497 e. The first-order chi connectivity index (χ1) is 14.1. The number of carbonyl (C=O) groups is 1. The van der Waals surface area contributed by atoms with Gasteiger partial charge in [-0.3, -0.25) is 9.59 Å². The summed E-state index contributed by atoms with van der Waals surface area (Å²) in [7, 11) is 1.56. The highest BCUT2D eigenvalue weighted by Crippen LogP contribution is 2.19. The van der Waals surface area contributed by atoms with Crippen LogP contribution in [0.3, 0.4) is 0 Å². The minimum atomic E-state index is -0.316. The number of ketones is 1. The standard InChI is InChI=1S/C24H18ClNO3/c1-29-19-11-9-17(10-12-19)23(27)21-15-26(14-16-5-4-6-18(25)13-16)22-8-3-2-7-20(22)24(21)28/h2-13,15H,14H2,1H3. The van der Waals surface area contributed by atoms with E-state index in [2.05, 4.69) is 0 Å². The number of fused-ring (bicyclic) bond motifs is 1. The fourth-order valence-corrected chi connectivity index (χ4v) is 3.58. The van der Waals surface area contributed by atoms with Gasteiger partial charge in [0.1, 0.15) is 5.75 Å². The van der Waals surface area contributed by atoms with Crippen molar-refractivity contribution in [3.05, 3.63) is 111 Å². The molecule has 0 spiro atoms. The molecule has 0 unspecified atom stereocenters. The van der Waals surface area contributed by atoms with E-state index in [0.29, 0.717) is 28.3 Å². The van der Waals surface area contributed by atoms with Crippen LogP contribution in [0.15, 0.2) is 83.8 Å². The van der Waals surface area contributed by atoms with E-state index in [1.165, 1.54) is 0 Å². The molecule has 29 heavy (non-hydrogen) atoms. The zero-order valence-corrected chi connectivity index (χ0v) is 16.5. The molecule has 0 aliphatic heterocycles. The molecule has 0 saturated heterocycles. The van der Waals surface area contributed by atoms with Gasteiger partial charge in [0, 0.05) is 28.7 Å². The van der Waals surface area contributed by atoms with Crippen LogP contribution in [0.25, 0.3) is 10.9 Å². The van der Waals surface area contributed by atoms with E-state index in [0.717, 1.165) is 11.1 Å². The number of para-hydroxylation sites is 1. The van der Waals surface area contributed by atoms with Crippen molar-refractivity contribution in [2.45, 2.75) is 6.54 Å². The molecule has 0 fully saturated rings. The summed E-state index contributed by atoms with van der Waals surface area (Å²) in [5, 5.41) is 1.15. The highest BCUT2D eigenvalue weighted by atomic mass is 35.5. The van der Waals surface area contributed by atoms with Crippen LogP contribution < -0.4 is 10.2 Å². The zero-order chi connectivity index (χ0) is 20.4.